The first-order valence-corrected chi connectivity index (χ1v) is 12.5. The molecule has 8 atom stereocenters. The Morgan fingerprint density at radius 1 is 1.03 bits per heavy atom. The molecule has 4 aliphatic rings. The Kier molecular flexibility index (Phi) is 5.90. The van der Waals surface area contributed by atoms with Crippen molar-refractivity contribution in [1.82, 2.24) is 0 Å². The van der Waals surface area contributed by atoms with Crippen molar-refractivity contribution in [2.24, 2.45) is 40.4 Å². The van der Waals surface area contributed by atoms with Crippen LogP contribution < -0.4 is 0 Å². The topological polar surface area (TPSA) is 43.4 Å². The van der Waals surface area contributed by atoms with Crippen LogP contribution in [-0.2, 0) is 14.3 Å². The molecule has 0 N–H and O–H groups in total. The van der Waals surface area contributed by atoms with Gasteiger partial charge in [0.1, 0.15) is 11.9 Å². The van der Waals surface area contributed by atoms with Gasteiger partial charge in [-0.15, -0.1) is 0 Å². The van der Waals surface area contributed by atoms with Gasteiger partial charge in [0.25, 0.3) is 0 Å². The molecule has 4 aliphatic carbocycles. The second-order valence-corrected chi connectivity index (χ2v) is 11.5. The Bertz CT molecular complexity index is 642. The highest BCUT2D eigenvalue weighted by atomic mass is 16.5. The summed E-state index contributed by atoms with van der Waals surface area (Å²) in [6.45, 7) is 9.27. The van der Waals surface area contributed by atoms with Crippen LogP contribution in [0, 0.1) is 40.4 Å². The maximum absolute atomic E-state index is 12.4. The molecule has 0 aliphatic heterocycles. The number of ether oxygens (including phenoxy) is 1. The minimum absolute atomic E-state index is 0.0303. The lowest BCUT2D eigenvalue weighted by Crippen LogP contribution is -2.55. The number of rotatable bonds is 5. The summed E-state index contributed by atoms with van der Waals surface area (Å²) in [6.07, 6.45) is 13.1. The Morgan fingerprint density at radius 3 is 2.55 bits per heavy atom. The van der Waals surface area contributed by atoms with Crippen molar-refractivity contribution in [3.05, 3.63) is 0 Å². The Labute approximate surface area is 177 Å². The minimum atomic E-state index is 0.0303. The van der Waals surface area contributed by atoms with Crippen molar-refractivity contribution in [1.29, 1.82) is 0 Å². The molecule has 0 aromatic carbocycles. The molecule has 29 heavy (non-hydrogen) atoms. The number of hydrogen-bond donors (Lipinski definition) is 0. The number of ketones is 1. The van der Waals surface area contributed by atoms with Crippen molar-refractivity contribution in [3.8, 4) is 0 Å². The highest BCUT2D eigenvalue weighted by molar-refractivity contribution is 5.82. The molecule has 0 saturated heterocycles. The molecule has 0 heterocycles. The number of Topliss-reactive ketones (excluding diaryl/α,β-unsaturated/α-hetero) is 1. The molecule has 0 amide bonds. The summed E-state index contributed by atoms with van der Waals surface area (Å²) in [6, 6.07) is 0. The number of hydrogen-bond acceptors (Lipinski definition) is 3. The van der Waals surface area contributed by atoms with Crippen molar-refractivity contribution in [2.45, 2.75) is 111 Å². The molecule has 0 bridgehead atoms. The lowest BCUT2D eigenvalue weighted by molar-refractivity contribution is -0.165. The smallest absolute Gasteiger partial charge is 0.306 e. The molecule has 0 spiro atoms. The largest absolute Gasteiger partial charge is 0.462 e. The summed E-state index contributed by atoms with van der Waals surface area (Å²) in [7, 11) is 0. The van der Waals surface area contributed by atoms with Crippen LogP contribution in [0.25, 0.3) is 0 Å². The predicted molar refractivity (Wildman–Crippen MR) is 115 cm³/mol. The summed E-state index contributed by atoms with van der Waals surface area (Å²) in [5.74, 6) is 3.59. The average Bonchev–Trinajstić information content (AvgIpc) is 3.00. The number of esters is 1. The molecule has 0 radical (unpaired) electrons. The molecule has 4 rings (SSSR count). The number of carbonyl (C=O) groups excluding carboxylic acids is 2. The zero-order chi connectivity index (χ0) is 20.8. The lowest BCUT2D eigenvalue weighted by atomic mass is 9.44. The summed E-state index contributed by atoms with van der Waals surface area (Å²) < 4.78 is 6.09. The van der Waals surface area contributed by atoms with E-state index in [1.165, 1.54) is 32.1 Å². The molecule has 4 saturated carbocycles. The van der Waals surface area contributed by atoms with E-state index >= 15 is 0 Å². The van der Waals surface area contributed by atoms with Crippen molar-refractivity contribution >= 4 is 11.8 Å². The first-order chi connectivity index (χ1) is 13.8. The van der Waals surface area contributed by atoms with Crippen molar-refractivity contribution in [3.63, 3.8) is 0 Å². The SMILES string of the molecule is CCCCCC(=O)O[C@H]1CCC2C3CC[C@H]4CC(=O)[C@H](C)C[C@]4(C)C3CC[C@@]21C. The third-order valence-electron chi connectivity index (χ3n) is 9.98. The van der Waals surface area contributed by atoms with E-state index in [1.807, 2.05) is 0 Å². The van der Waals surface area contributed by atoms with E-state index in [4.69, 9.17) is 4.74 Å². The van der Waals surface area contributed by atoms with Crippen LogP contribution in [0.3, 0.4) is 0 Å². The maximum atomic E-state index is 12.4. The van der Waals surface area contributed by atoms with E-state index in [2.05, 4.69) is 27.7 Å². The van der Waals surface area contributed by atoms with Crippen LogP contribution in [0.2, 0.25) is 0 Å². The highest BCUT2D eigenvalue weighted by Gasteiger charge is 2.61. The summed E-state index contributed by atoms with van der Waals surface area (Å²) in [5.41, 5.74) is 0.507. The molecular formula is C26H42O3. The Morgan fingerprint density at radius 2 is 1.79 bits per heavy atom. The predicted octanol–water partition coefficient (Wildman–Crippen LogP) is 6.34. The van der Waals surface area contributed by atoms with Gasteiger partial charge in [-0.3, -0.25) is 9.59 Å². The molecule has 3 nitrogen and oxygen atoms in total. The van der Waals surface area contributed by atoms with E-state index in [1.54, 1.807) is 0 Å². The summed E-state index contributed by atoms with van der Waals surface area (Å²) in [5, 5.41) is 0. The second-order valence-electron chi connectivity index (χ2n) is 11.5. The monoisotopic (exact) mass is 402 g/mol. The molecule has 0 aromatic rings. The summed E-state index contributed by atoms with van der Waals surface area (Å²) >= 11 is 0. The normalized spacial score (nSPS) is 46.6. The fourth-order valence-corrected chi connectivity index (χ4v) is 8.29. The second kappa shape index (κ2) is 8.00. The summed E-state index contributed by atoms with van der Waals surface area (Å²) in [4.78, 5) is 24.8. The maximum Gasteiger partial charge on any atom is 0.306 e. The van der Waals surface area contributed by atoms with Crippen LogP contribution in [0.1, 0.15) is 105 Å². The third kappa shape index (κ3) is 3.59. The van der Waals surface area contributed by atoms with Gasteiger partial charge in [-0.2, -0.15) is 0 Å². The van der Waals surface area contributed by atoms with Gasteiger partial charge in [-0.25, -0.2) is 0 Å². The third-order valence-corrected chi connectivity index (χ3v) is 9.98. The Balaban J connectivity index is 1.46. The van der Waals surface area contributed by atoms with Gasteiger partial charge in [-0.05, 0) is 80.5 Å². The van der Waals surface area contributed by atoms with Gasteiger partial charge in [0.2, 0.25) is 0 Å². The van der Waals surface area contributed by atoms with Gasteiger partial charge in [0, 0.05) is 24.2 Å². The molecule has 0 aromatic heterocycles. The molecular weight excluding hydrogens is 360 g/mol. The van der Waals surface area contributed by atoms with Crippen LogP contribution in [0.4, 0.5) is 0 Å². The van der Waals surface area contributed by atoms with Crippen molar-refractivity contribution < 1.29 is 14.3 Å². The van der Waals surface area contributed by atoms with Crippen LogP contribution in [0.15, 0.2) is 0 Å². The fraction of sp³-hybridized carbons (Fsp3) is 0.923. The van der Waals surface area contributed by atoms with Crippen LogP contribution >= 0.6 is 0 Å². The van der Waals surface area contributed by atoms with E-state index < -0.39 is 0 Å². The molecule has 3 unspecified atom stereocenters. The van der Waals surface area contributed by atoms with E-state index in [9.17, 15) is 9.59 Å². The van der Waals surface area contributed by atoms with Crippen LogP contribution in [0.5, 0.6) is 0 Å². The van der Waals surface area contributed by atoms with Gasteiger partial charge >= 0.3 is 5.97 Å². The Hall–Kier alpha value is -0.860. The van der Waals surface area contributed by atoms with E-state index in [-0.39, 0.29) is 23.4 Å². The number of unbranched alkanes of at least 4 members (excludes halogenated alkanes) is 2. The zero-order valence-electron chi connectivity index (χ0n) is 19.2. The average molecular weight is 403 g/mol. The first-order valence-electron chi connectivity index (χ1n) is 12.5. The molecule has 4 fully saturated rings. The quantitative estimate of drug-likeness (QED) is 0.398. The highest BCUT2D eigenvalue weighted by Crippen LogP contribution is 2.66. The van der Waals surface area contributed by atoms with Crippen LogP contribution in [-0.4, -0.2) is 17.9 Å². The minimum Gasteiger partial charge on any atom is -0.462 e. The van der Waals surface area contributed by atoms with Crippen molar-refractivity contribution in [2.75, 3.05) is 0 Å². The number of carbonyl (C=O) groups is 2. The zero-order valence-corrected chi connectivity index (χ0v) is 19.2. The van der Waals surface area contributed by atoms with Gasteiger partial charge in [-0.1, -0.05) is 40.5 Å². The van der Waals surface area contributed by atoms with Gasteiger partial charge in [0.15, 0.2) is 0 Å². The first kappa shape index (κ1) is 21.4. The van der Waals surface area contributed by atoms with Gasteiger partial charge < -0.3 is 4.74 Å². The van der Waals surface area contributed by atoms with E-state index in [0.717, 1.165) is 50.4 Å². The molecule has 164 valence electrons. The standard InChI is InChI=1S/C26H42O3/c1-5-6-7-8-24(28)29-23-12-11-20-19-10-9-18-15-22(27)17(2)16-26(18,4)21(19)13-14-25(20,23)3/h17-21,23H,5-16H2,1-4H3/t17-,18+,19?,20?,21?,23+,25+,26+/m1/s1. The van der Waals surface area contributed by atoms with Gasteiger partial charge in [0.05, 0.1) is 0 Å². The van der Waals surface area contributed by atoms with E-state index in [0.29, 0.717) is 29.5 Å². The molecule has 3 heteroatoms. The lowest BCUT2D eigenvalue weighted by Gasteiger charge is -2.60. The fourth-order valence-electron chi connectivity index (χ4n) is 8.29. The number of fused-ring (bicyclic) bond motifs is 5.